The largest absolute Gasteiger partial charge is 0.490 e. The minimum atomic E-state index is -4.49. The summed E-state index contributed by atoms with van der Waals surface area (Å²) in [4.78, 5) is 16.5. The molecule has 0 unspecified atom stereocenters. The topological polar surface area (TPSA) is 78.9 Å². The van der Waals surface area contributed by atoms with E-state index in [4.69, 9.17) is 18.9 Å². The molecule has 0 atom stereocenters. The molecule has 1 aromatic carbocycles. The second-order valence-electron chi connectivity index (χ2n) is 6.15. The minimum Gasteiger partial charge on any atom is -0.490 e. The number of nitrogens with one attached hydrogen (secondary N) is 1. The second kappa shape index (κ2) is 11.3. The Morgan fingerprint density at radius 1 is 1.00 bits per heavy atom. The van der Waals surface area contributed by atoms with E-state index in [0.717, 1.165) is 0 Å². The summed E-state index contributed by atoms with van der Waals surface area (Å²) in [6.45, 7) is 4.95. The highest BCUT2D eigenvalue weighted by Gasteiger charge is 2.29. The highest BCUT2D eigenvalue weighted by molar-refractivity contribution is 5.95. The molecule has 2 aromatic rings. The van der Waals surface area contributed by atoms with E-state index < -0.39 is 18.7 Å². The summed E-state index contributed by atoms with van der Waals surface area (Å²) in [6.07, 6.45) is -3.18. The molecule has 170 valence electrons. The number of rotatable bonds is 11. The quantitative estimate of drug-likeness (QED) is 0.563. The molecule has 1 aromatic heterocycles. The van der Waals surface area contributed by atoms with Crippen molar-refractivity contribution in [3.63, 3.8) is 0 Å². The van der Waals surface area contributed by atoms with E-state index in [2.05, 4.69) is 10.3 Å². The predicted octanol–water partition coefficient (Wildman–Crippen LogP) is 4.15. The lowest BCUT2D eigenvalue weighted by molar-refractivity contribution is -0.154. The fraction of sp³-hybridized carbons (Fsp3) is 0.429. The van der Waals surface area contributed by atoms with Crippen LogP contribution in [0.1, 0.15) is 36.7 Å². The van der Waals surface area contributed by atoms with Gasteiger partial charge >= 0.3 is 6.18 Å². The zero-order valence-corrected chi connectivity index (χ0v) is 17.5. The van der Waals surface area contributed by atoms with Gasteiger partial charge < -0.3 is 24.3 Å². The van der Waals surface area contributed by atoms with E-state index in [1.54, 1.807) is 19.9 Å². The van der Waals surface area contributed by atoms with E-state index >= 15 is 0 Å². The van der Waals surface area contributed by atoms with Crippen molar-refractivity contribution in [1.82, 2.24) is 10.3 Å². The third-order valence-corrected chi connectivity index (χ3v) is 3.83. The van der Waals surface area contributed by atoms with Gasteiger partial charge in [-0.05, 0) is 39.0 Å². The lowest BCUT2D eigenvalue weighted by atomic mass is 10.1. The molecule has 7 nitrogen and oxygen atoms in total. The maximum Gasteiger partial charge on any atom is 0.422 e. The number of alkyl halides is 3. The number of benzene rings is 1. The van der Waals surface area contributed by atoms with Crippen molar-refractivity contribution in [2.75, 3.05) is 26.4 Å². The minimum absolute atomic E-state index is 0.0823. The summed E-state index contributed by atoms with van der Waals surface area (Å²) >= 11 is 0. The molecule has 0 saturated heterocycles. The third kappa shape index (κ3) is 7.23. The molecule has 1 amide bonds. The van der Waals surface area contributed by atoms with Gasteiger partial charge in [0.05, 0.1) is 19.8 Å². The maximum absolute atomic E-state index is 12.7. The Bertz CT molecular complexity index is 847. The van der Waals surface area contributed by atoms with Crippen molar-refractivity contribution < 1.29 is 36.9 Å². The lowest BCUT2D eigenvalue weighted by Gasteiger charge is -2.17. The predicted molar refractivity (Wildman–Crippen MR) is 107 cm³/mol. The van der Waals surface area contributed by atoms with E-state index in [1.165, 1.54) is 24.4 Å². The number of pyridine rings is 1. The Morgan fingerprint density at radius 3 is 2.16 bits per heavy atom. The van der Waals surface area contributed by atoms with Gasteiger partial charge in [-0.1, -0.05) is 6.07 Å². The van der Waals surface area contributed by atoms with Crippen LogP contribution in [-0.2, 0) is 6.54 Å². The molecule has 0 aliphatic carbocycles. The van der Waals surface area contributed by atoms with Crippen LogP contribution in [0.4, 0.5) is 13.2 Å². The SMILES string of the molecule is CCOc1cc(C(=O)NCc2cccnc2OCC(F)(F)F)cc(OCC)c1OCC. The number of hydrogen-bond donors (Lipinski definition) is 1. The Balaban J connectivity index is 2.20. The van der Waals surface area contributed by atoms with E-state index in [0.29, 0.717) is 42.6 Å². The van der Waals surface area contributed by atoms with Crippen LogP contribution in [-0.4, -0.2) is 43.5 Å². The average molecular weight is 442 g/mol. The van der Waals surface area contributed by atoms with E-state index in [9.17, 15) is 18.0 Å². The van der Waals surface area contributed by atoms with Crippen LogP contribution in [0.2, 0.25) is 0 Å². The van der Waals surface area contributed by atoms with Gasteiger partial charge in [0.15, 0.2) is 18.1 Å². The van der Waals surface area contributed by atoms with Crippen LogP contribution < -0.4 is 24.3 Å². The third-order valence-electron chi connectivity index (χ3n) is 3.83. The van der Waals surface area contributed by atoms with E-state index in [1.807, 2.05) is 6.92 Å². The van der Waals surface area contributed by atoms with Gasteiger partial charge in [0.1, 0.15) is 0 Å². The first kappa shape index (κ1) is 24.1. The number of halogens is 3. The molecule has 0 fully saturated rings. The first-order valence-electron chi connectivity index (χ1n) is 9.77. The monoisotopic (exact) mass is 442 g/mol. The van der Waals surface area contributed by atoms with Crippen molar-refractivity contribution in [3.05, 3.63) is 41.6 Å². The van der Waals surface area contributed by atoms with Gasteiger partial charge in [-0.2, -0.15) is 13.2 Å². The number of amides is 1. The maximum atomic E-state index is 12.7. The molecule has 10 heteroatoms. The second-order valence-corrected chi connectivity index (χ2v) is 6.15. The number of ether oxygens (including phenoxy) is 4. The number of carbonyl (C=O) groups is 1. The van der Waals surface area contributed by atoms with Crippen LogP contribution >= 0.6 is 0 Å². The number of aromatic nitrogens is 1. The van der Waals surface area contributed by atoms with Crippen molar-refractivity contribution >= 4 is 5.91 Å². The van der Waals surface area contributed by atoms with Crippen molar-refractivity contribution in [2.24, 2.45) is 0 Å². The number of nitrogens with zero attached hydrogens (tertiary/aromatic N) is 1. The Hall–Kier alpha value is -3.17. The normalized spacial score (nSPS) is 11.0. The summed E-state index contributed by atoms with van der Waals surface area (Å²) < 4.78 is 58.9. The molecule has 2 rings (SSSR count). The summed E-state index contributed by atoms with van der Waals surface area (Å²) in [5.41, 5.74) is 0.554. The molecule has 0 spiro atoms. The van der Waals surface area contributed by atoms with Crippen LogP contribution in [0.3, 0.4) is 0 Å². The summed E-state index contributed by atoms with van der Waals surface area (Å²) in [6, 6.07) is 6.11. The molecule has 1 heterocycles. The van der Waals surface area contributed by atoms with Crippen molar-refractivity contribution in [2.45, 2.75) is 33.5 Å². The van der Waals surface area contributed by atoms with Gasteiger partial charge in [0, 0.05) is 23.9 Å². The molecule has 0 aliphatic heterocycles. The molecule has 31 heavy (non-hydrogen) atoms. The Morgan fingerprint density at radius 2 is 1.61 bits per heavy atom. The molecular weight excluding hydrogens is 417 g/mol. The zero-order chi connectivity index (χ0) is 22.9. The number of carbonyl (C=O) groups excluding carboxylic acids is 1. The molecule has 1 N–H and O–H groups in total. The van der Waals surface area contributed by atoms with Crippen LogP contribution in [0.25, 0.3) is 0 Å². The summed E-state index contributed by atoms with van der Waals surface area (Å²) in [7, 11) is 0. The summed E-state index contributed by atoms with van der Waals surface area (Å²) in [5, 5.41) is 2.65. The molecule has 0 aliphatic rings. The van der Waals surface area contributed by atoms with Gasteiger partial charge in [0.25, 0.3) is 5.91 Å². The van der Waals surface area contributed by atoms with Gasteiger partial charge in [-0.15, -0.1) is 0 Å². The molecule has 0 bridgehead atoms. The molecular formula is C21H25F3N2O5. The van der Waals surface area contributed by atoms with Gasteiger partial charge in [-0.25, -0.2) is 4.98 Å². The number of hydrogen-bond acceptors (Lipinski definition) is 6. The Labute approximate surface area is 178 Å². The van der Waals surface area contributed by atoms with Crippen LogP contribution in [0.5, 0.6) is 23.1 Å². The average Bonchev–Trinajstić information content (AvgIpc) is 2.73. The summed E-state index contributed by atoms with van der Waals surface area (Å²) in [5.74, 6) is 0.442. The first-order valence-corrected chi connectivity index (χ1v) is 9.77. The fourth-order valence-corrected chi connectivity index (χ4v) is 2.64. The van der Waals surface area contributed by atoms with Gasteiger partial charge in [-0.3, -0.25) is 4.79 Å². The van der Waals surface area contributed by atoms with Crippen molar-refractivity contribution in [1.29, 1.82) is 0 Å². The van der Waals surface area contributed by atoms with Gasteiger partial charge in [0.2, 0.25) is 11.6 Å². The van der Waals surface area contributed by atoms with Crippen LogP contribution in [0.15, 0.2) is 30.5 Å². The first-order chi connectivity index (χ1) is 14.8. The molecule has 0 saturated carbocycles. The molecule has 0 radical (unpaired) electrons. The lowest BCUT2D eigenvalue weighted by Crippen LogP contribution is -2.24. The standard InChI is InChI=1S/C21H25F3N2O5/c1-4-28-16-10-15(11-17(29-5-2)18(16)30-6-3)19(27)26-12-14-8-7-9-25-20(14)31-13-21(22,23)24/h7-11H,4-6,12-13H2,1-3H3,(H,26,27). The zero-order valence-electron chi connectivity index (χ0n) is 17.5. The highest BCUT2D eigenvalue weighted by atomic mass is 19.4. The highest BCUT2D eigenvalue weighted by Crippen LogP contribution is 2.39. The van der Waals surface area contributed by atoms with Crippen LogP contribution in [0, 0.1) is 0 Å². The van der Waals surface area contributed by atoms with E-state index in [-0.39, 0.29) is 18.0 Å². The smallest absolute Gasteiger partial charge is 0.422 e. The Kier molecular flexibility index (Phi) is 8.77. The van der Waals surface area contributed by atoms with Crippen molar-refractivity contribution in [3.8, 4) is 23.1 Å². The fourth-order valence-electron chi connectivity index (χ4n) is 2.64.